The fourth-order valence-corrected chi connectivity index (χ4v) is 4.45. The van der Waals surface area contributed by atoms with Crippen molar-refractivity contribution in [3.05, 3.63) is 22.0 Å². The van der Waals surface area contributed by atoms with Gasteiger partial charge in [-0.1, -0.05) is 0 Å². The first-order valence-corrected chi connectivity index (χ1v) is 10.6. The molecule has 0 aromatic carbocycles. The number of thiophene rings is 1. The lowest BCUT2D eigenvalue weighted by Gasteiger charge is -2.20. The molecule has 2 heterocycles. The predicted molar refractivity (Wildman–Crippen MR) is 111 cm³/mol. The SMILES string of the molecule is Cc1nc(C2CC2)nc2sc(C(=O)N(C)CCCC(=O)OC(C)(C)C)c(C)c12. The van der Waals surface area contributed by atoms with E-state index in [9.17, 15) is 9.59 Å². The van der Waals surface area contributed by atoms with Crippen LogP contribution in [0.15, 0.2) is 0 Å². The molecule has 0 unspecified atom stereocenters. The van der Waals surface area contributed by atoms with Crippen LogP contribution in [-0.2, 0) is 9.53 Å². The number of carbonyl (C=O) groups excluding carboxylic acids is 2. The van der Waals surface area contributed by atoms with Gasteiger partial charge < -0.3 is 9.64 Å². The Balaban J connectivity index is 1.68. The topological polar surface area (TPSA) is 72.4 Å². The van der Waals surface area contributed by atoms with Gasteiger partial charge in [0.2, 0.25) is 0 Å². The Bertz CT molecular complexity index is 910. The van der Waals surface area contributed by atoms with Gasteiger partial charge in [0.05, 0.1) is 10.6 Å². The second-order valence-corrected chi connectivity index (χ2v) is 9.59. The molecule has 1 amide bonds. The lowest BCUT2D eigenvalue weighted by Crippen LogP contribution is -2.29. The molecule has 2 aromatic heterocycles. The number of aromatic nitrogens is 2. The van der Waals surface area contributed by atoms with Crippen molar-refractivity contribution in [3.8, 4) is 0 Å². The van der Waals surface area contributed by atoms with Crippen molar-refractivity contribution in [1.82, 2.24) is 14.9 Å². The number of fused-ring (bicyclic) bond motifs is 1. The summed E-state index contributed by atoms with van der Waals surface area (Å²) in [5.74, 6) is 1.14. The van der Waals surface area contributed by atoms with Gasteiger partial charge in [0.25, 0.3) is 5.91 Å². The molecule has 0 spiro atoms. The highest BCUT2D eigenvalue weighted by atomic mass is 32.1. The number of amides is 1. The van der Waals surface area contributed by atoms with Gasteiger partial charge in [-0.3, -0.25) is 9.59 Å². The van der Waals surface area contributed by atoms with Gasteiger partial charge in [0.1, 0.15) is 16.3 Å². The largest absolute Gasteiger partial charge is 0.460 e. The molecule has 0 radical (unpaired) electrons. The van der Waals surface area contributed by atoms with Gasteiger partial charge in [-0.05, 0) is 59.4 Å². The van der Waals surface area contributed by atoms with Crippen molar-refractivity contribution in [2.24, 2.45) is 0 Å². The summed E-state index contributed by atoms with van der Waals surface area (Å²) in [6.07, 6.45) is 3.18. The lowest BCUT2D eigenvalue weighted by atomic mass is 10.1. The summed E-state index contributed by atoms with van der Waals surface area (Å²) in [4.78, 5) is 37.5. The molecular formula is C21H29N3O3S. The third kappa shape index (κ3) is 4.69. The summed E-state index contributed by atoms with van der Waals surface area (Å²) in [6, 6.07) is 0. The maximum Gasteiger partial charge on any atom is 0.306 e. The first kappa shape index (κ1) is 20.7. The monoisotopic (exact) mass is 403 g/mol. The maximum atomic E-state index is 13.0. The minimum Gasteiger partial charge on any atom is -0.460 e. The van der Waals surface area contributed by atoms with Gasteiger partial charge in [0.15, 0.2) is 0 Å². The number of rotatable bonds is 6. The Morgan fingerprint density at radius 1 is 1.21 bits per heavy atom. The Morgan fingerprint density at radius 3 is 2.50 bits per heavy atom. The number of ether oxygens (including phenoxy) is 1. The average molecular weight is 404 g/mol. The van der Waals surface area contributed by atoms with Crippen LogP contribution >= 0.6 is 11.3 Å². The molecule has 152 valence electrons. The lowest BCUT2D eigenvalue weighted by molar-refractivity contribution is -0.154. The van der Waals surface area contributed by atoms with Gasteiger partial charge >= 0.3 is 5.97 Å². The predicted octanol–water partition coefficient (Wildman–Crippen LogP) is 4.38. The third-order valence-corrected chi connectivity index (χ3v) is 5.94. The van der Waals surface area contributed by atoms with Crippen LogP contribution in [0.25, 0.3) is 10.2 Å². The minimum atomic E-state index is -0.481. The highest BCUT2D eigenvalue weighted by Gasteiger charge is 2.29. The van der Waals surface area contributed by atoms with E-state index in [1.165, 1.54) is 11.3 Å². The van der Waals surface area contributed by atoms with Gasteiger partial charge in [-0.25, -0.2) is 9.97 Å². The first-order valence-electron chi connectivity index (χ1n) is 9.81. The second kappa shape index (κ2) is 7.78. The Kier molecular flexibility index (Phi) is 5.75. The number of carbonyl (C=O) groups is 2. The summed E-state index contributed by atoms with van der Waals surface area (Å²) in [5, 5.41) is 1.000. The van der Waals surface area contributed by atoms with E-state index in [4.69, 9.17) is 9.72 Å². The van der Waals surface area contributed by atoms with Crippen molar-refractivity contribution in [2.75, 3.05) is 13.6 Å². The summed E-state index contributed by atoms with van der Waals surface area (Å²) in [7, 11) is 1.77. The second-order valence-electron chi connectivity index (χ2n) is 8.59. The molecule has 28 heavy (non-hydrogen) atoms. The summed E-state index contributed by atoms with van der Waals surface area (Å²) in [5.41, 5.74) is 1.42. The molecule has 3 rings (SSSR count). The highest BCUT2D eigenvalue weighted by Crippen LogP contribution is 2.40. The van der Waals surface area contributed by atoms with E-state index < -0.39 is 5.60 Å². The summed E-state index contributed by atoms with van der Waals surface area (Å²) in [6.45, 7) is 10.0. The average Bonchev–Trinajstić information content (AvgIpc) is 3.36. The Morgan fingerprint density at radius 2 is 1.89 bits per heavy atom. The zero-order chi connectivity index (χ0) is 20.6. The number of hydrogen-bond acceptors (Lipinski definition) is 6. The van der Waals surface area contributed by atoms with E-state index in [1.54, 1.807) is 11.9 Å². The van der Waals surface area contributed by atoms with E-state index in [0.717, 1.165) is 40.1 Å². The molecular weight excluding hydrogens is 374 g/mol. The van der Waals surface area contributed by atoms with Crippen LogP contribution in [0.5, 0.6) is 0 Å². The Hall–Kier alpha value is -2.02. The van der Waals surface area contributed by atoms with Gasteiger partial charge in [-0.15, -0.1) is 11.3 Å². The molecule has 7 heteroatoms. The first-order chi connectivity index (χ1) is 13.1. The number of esters is 1. The molecule has 0 bridgehead atoms. The van der Waals surface area contributed by atoms with Crippen LogP contribution in [-0.4, -0.2) is 45.9 Å². The van der Waals surface area contributed by atoms with E-state index in [2.05, 4.69) is 4.98 Å². The molecule has 0 atom stereocenters. The zero-order valence-electron chi connectivity index (χ0n) is 17.6. The minimum absolute atomic E-state index is 0.0305. The van der Waals surface area contributed by atoms with E-state index >= 15 is 0 Å². The van der Waals surface area contributed by atoms with Crippen molar-refractivity contribution in [2.45, 2.75) is 71.8 Å². The normalized spacial score (nSPS) is 14.4. The molecule has 1 saturated carbocycles. The van der Waals surface area contributed by atoms with Crippen molar-refractivity contribution < 1.29 is 14.3 Å². The van der Waals surface area contributed by atoms with Gasteiger partial charge in [0, 0.05) is 31.3 Å². The fraction of sp³-hybridized carbons (Fsp3) is 0.619. The van der Waals surface area contributed by atoms with Crippen molar-refractivity contribution in [3.63, 3.8) is 0 Å². The molecule has 6 nitrogen and oxygen atoms in total. The van der Waals surface area contributed by atoms with Gasteiger partial charge in [-0.2, -0.15) is 0 Å². The molecule has 1 aliphatic rings. The van der Waals surface area contributed by atoms with Crippen LogP contribution in [0, 0.1) is 13.8 Å². The molecule has 1 aliphatic carbocycles. The standard InChI is InChI=1S/C21H29N3O3S/c1-12-16-13(2)22-18(14-9-10-14)23-19(16)28-17(12)20(26)24(6)11-7-8-15(25)27-21(3,4)5/h14H,7-11H2,1-6H3. The summed E-state index contributed by atoms with van der Waals surface area (Å²) >= 11 is 1.45. The van der Waals surface area contributed by atoms with Crippen LogP contribution in [0.4, 0.5) is 0 Å². The van der Waals surface area contributed by atoms with E-state index in [-0.39, 0.29) is 11.9 Å². The van der Waals surface area contributed by atoms with E-state index in [0.29, 0.717) is 30.2 Å². The molecule has 2 aromatic rings. The summed E-state index contributed by atoms with van der Waals surface area (Å²) < 4.78 is 5.32. The molecule has 1 fully saturated rings. The maximum absolute atomic E-state index is 13.0. The van der Waals surface area contributed by atoms with Crippen LogP contribution < -0.4 is 0 Å². The smallest absolute Gasteiger partial charge is 0.306 e. The van der Waals surface area contributed by atoms with Crippen molar-refractivity contribution in [1.29, 1.82) is 0 Å². The van der Waals surface area contributed by atoms with Crippen LogP contribution in [0.1, 0.15) is 79.1 Å². The molecule has 0 N–H and O–H groups in total. The Labute approximate surface area is 170 Å². The van der Waals surface area contributed by atoms with E-state index in [1.807, 2.05) is 34.6 Å². The fourth-order valence-electron chi connectivity index (χ4n) is 3.22. The third-order valence-electron chi connectivity index (χ3n) is 4.77. The molecule has 0 aliphatic heterocycles. The molecule has 0 saturated heterocycles. The number of hydrogen-bond donors (Lipinski definition) is 0. The quantitative estimate of drug-likeness (QED) is 0.669. The van der Waals surface area contributed by atoms with Crippen molar-refractivity contribution >= 4 is 33.4 Å². The zero-order valence-corrected chi connectivity index (χ0v) is 18.4. The number of nitrogens with zero attached hydrogens (tertiary/aromatic N) is 3. The highest BCUT2D eigenvalue weighted by molar-refractivity contribution is 7.20. The number of aryl methyl sites for hydroxylation is 2. The van der Waals surface area contributed by atoms with Crippen LogP contribution in [0.3, 0.4) is 0 Å². The van der Waals surface area contributed by atoms with Crippen LogP contribution in [0.2, 0.25) is 0 Å².